The van der Waals surface area contributed by atoms with Gasteiger partial charge in [0.25, 0.3) is 5.91 Å². The Morgan fingerprint density at radius 1 is 1.40 bits per heavy atom. The first-order chi connectivity index (χ1) is 9.49. The van der Waals surface area contributed by atoms with Crippen LogP contribution in [-0.4, -0.2) is 35.5 Å². The molecule has 1 aliphatic rings. The average molecular weight is 273 g/mol. The zero-order valence-electron chi connectivity index (χ0n) is 11.8. The van der Waals surface area contributed by atoms with Crippen LogP contribution in [0, 0.1) is 5.92 Å². The van der Waals surface area contributed by atoms with Crippen LogP contribution in [-0.2, 0) is 11.2 Å². The molecule has 4 nitrogen and oxygen atoms in total. The normalized spacial score (nSPS) is 14.5. The van der Waals surface area contributed by atoms with E-state index in [1.54, 1.807) is 20.0 Å². The Morgan fingerprint density at radius 2 is 2.15 bits per heavy atom. The summed E-state index contributed by atoms with van der Waals surface area (Å²) in [5.74, 6) is -1.58. The molecule has 0 saturated heterocycles. The second kappa shape index (κ2) is 5.90. The second-order valence-corrected chi connectivity index (χ2v) is 5.28. The Kier molecular flexibility index (Phi) is 4.23. The van der Waals surface area contributed by atoms with Gasteiger partial charge in [0.15, 0.2) is 0 Å². The Balaban J connectivity index is 2.13. The maximum Gasteiger partial charge on any atom is 0.308 e. The summed E-state index contributed by atoms with van der Waals surface area (Å²) in [5, 5.41) is 8.90. The van der Waals surface area contributed by atoms with Crippen molar-refractivity contribution in [2.75, 3.05) is 13.6 Å². The molecule has 1 atom stereocenters. The van der Waals surface area contributed by atoms with Crippen LogP contribution >= 0.6 is 0 Å². The van der Waals surface area contributed by atoms with Gasteiger partial charge in [0.2, 0.25) is 0 Å². The van der Waals surface area contributed by atoms with Crippen molar-refractivity contribution in [3.8, 4) is 0 Å². The minimum Gasteiger partial charge on any atom is -0.481 e. The zero-order chi connectivity index (χ0) is 14.7. The molecule has 20 heavy (non-hydrogen) atoms. The van der Waals surface area contributed by atoms with Crippen molar-refractivity contribution in [3.63, 3.8) is 0 Å². The summed E-state index contributed by atoms with van der Waals surface area (Å²) in [6.45, 7) is 1.81. The lowest BCUT2D eigenvalue weighted by molar-refractivity contribution is -0.141. The standard InChI is InChI=1S/C16H19NO3/c1-11(16(19)20)10-17(2)15(18)14-8-7-12-5-3-4-6-13(12)9-14/h3,5,7-9,11H,4,6,10H2,1-2H3,(H,19,20). The molecule has 1 N–H and O–H groups in total. The molecule has 0 aliphatic heterocycles. The van der Waals surface area contributed by atoms with Gasteiger partial charge in [-0.1, -0.05) is 25.1 Å². The number of fused-ring (bicyclic) bond motifs is 1. The van der Waals surface area contributed by atoms with Crippen LogP contribution in [0.3, 0.4) is 0 Å². The van der Waals surface area contributed by atoms with Crippen molar-refractivity contribution in [3.05, 3.63) is 41.0 Å². The molecule has 2 rings (SSSR count). The van der Waals surface area contributed by atoms with E-state index in [-0.39, 0.29) is 12.5 Å². The van der Waals surface area contributed by atoms with Crippen LogP contribution in [0.5, 0.6) is 0 Å². The molecular weight excluding hydrogens is 254 g/mol. The number of hydrogen-bond donors (Lipinski definition) is 1. The Hall–Kier alpha value is -2.10. The molecule has 1 aliphatic carbocycles. The monoisotopic (exact) mass is 273 g/mol. The fourth-order valence-electron chi connectivity index (χ4n) is 2.36. The fraction of sp³-hybridized carbons (Fsp3) is 0.375. The van der Waals surface area contributed by atoms with Crippen LogP contribution in [0.1, 0.15) is 34.8 Å². The Labute approximate surface area is 118 Å². The summed E-state index contributed by atoms with van der Waals surface area (Å²) in [6, 6.07) is 5.68. The lowest BCUT2D eigenvalue weighted by Gasteiger charge is -2.20. The van der Waals surface area contributed by atoms with Gasteiger partial charge in [-0.25, -0.2) is 0 Å². The maximum absolute atomic E-state index is 12.3. The summed E-state index contributed by atoms with van der Waals surface area (Å²) in [5.41, 5.74) is 2.96. The van der Waals surface area contributed by atoms with E-state index in [0.29, 0.717) is 5.56 Å². The van der Waals surface area contributed by atoms with E-state index in [2.05, 4.69) is 12.2 Å². The first-order valence-corrected chi connectivity index (χ1v) is 6.77. The summed E-state index contributed by atoms with van der Waals surface area (Å²) in [6.07, 6.45) is 6.15. The van der Waals surface area contributed by atoms with E-state index in [4.69, 9.17) is 5.11 Å². The molecule has 0 heterocycles. The Morgan fingerprint density at radius 3 is 2.85 bits per heavy atom. The van der Waals surface area contributed by atoms with Gasteiger partial charge in [0.05, 0.1) is 5.92 Å². The minimum absolute atomic E-state index is 0.129. The van der Waals surface area contributed by atoms with Crippen LogP contribution in [0.2, 0.25) is 0 Å². The highest BCUT2D eigenvalue weighted by atomic mass is 16.4. The van der Waals surface area contributed by atoms with Gasteiger partial charge in [0.1, 0.15) is 0 Å². The van der Waals surface area contributed by atoms with Crippen molar-refractivity contribution < 1.29 is 14.7 Å². The van der Waals surface area contributed by atoms with E-state index in [1.165, 1.54) is 10.5 Å². The molecule has 1 aromatic rings. The molecule has 0 saturated carbocycles. The number of aliphatic carboxylic acids is 1. The van der Waals surface area contributed by atoms with Crippen molar-refractivity contribution >= 4 is 18.0 Å². The van der Waals surface area contributed by atoms with Crippen molar-refractivity contribution in [2.45, 2.75) is 19.8 Å². The number of carboxylic acids is 1. The van der Waals surface area contributed by atoms with Crippen LogP contribution in [0.15, 0.2) is 24.3 Å². The topological polar surface area (TPSA) is 57.6 Å². The maximum atomic E-state index is 12.3. The van der Waals surface area contributed by atoms with Gasteiger partial charge in [-0.05, 0) is 36.1 Å². The molecule has 0 aromatic heterocycles. The minimum atomic E-state index is -0.889. The number of allylic oxidation sites excluding steroid dienone is 1. The number of carbonyl (C=O) groups is 2. The molecule has 0 spiro atoms. The number of carboxylic acid groups (broad SMARTS) is 1. The number of aryl methyl sites for hydroxylation is 1. The molecule has 1 aromatic carbocycles. The number of amides is 1. The lowest BCUT2D eigenvalue weighted by Crippen LogP contribution is -2.33. The van der Waals surface area contributed by atoms with Crippen LogP contribution in [0.25, 0.3) is 6.08 Å². The molecule has 0 fully saturated rings. The summed E-state index contributed by atoms with van der Waals surface area (Å²) in [4.78, 5) is 24.6. The highest BCUT2D eigenvalue weighted by Crippen LogP contribution is 2.21. The van der Waals surface area contributed by atoms with E-state index in [1.807, 2.05) is 12.1 Å². The van der Waals surface area contributed by atoms with Gasteiger partial charge in [-0.2, -0.15) is 0 Å². The molecule has 0 bridgehead atoms. The predicted octanol–water partition coefficient (Wildman–Crippen LogP) is 2.44. The molecule has 0 radical (unpaired) electrons. The number of carbonyl (C=O) groups excluding carboxylic acids is 1. The summed E-state index contributed by atoms with van der Waals surface area (Å²) in [7, 11) is 1.64. The molecule has 1 amide bonds. The number of hydrogen-bond acceptors (Lipinski definition) is 2. The van der Waals surface area contributed by atoms with E-state index < -0.39 is 11.9 Å². The quantitative estimate of drug-likeness (QED) is 0.916. The predicted molar refractivity (Wildman–Crippen MR) is 77.6 cm³/mol. The van der Waals surface area contributed by atoms with E-state index in [0.717, 1.165) is 18.4 Å². The van der Waals surface area contributed by atoms with Gasteiger partial charge in [-0.15, -0.1) is 0 Å². The smallest absolute Gasteiger partial charge is 0.308 e. The molecular formula is C16H19NO3. The lowest BCUT2D eigenvalue weighted by atomic mass is 9.95. The molecule has 4 heteroatoms. The summed E-state index contributed by atoms with van der Waals surface area (Å²) < 4.78 is 0. The second-order valence-electron chi connectivity index (χ2n) is 5.28. The Bertz CT molecular complexity index is 563. The van der Waals surface area contributed by atoms with Gasteiger partial charge in [0, 0.05) is 19.2 Å². The molecule has 1 unspecified atom stereocenters. The third kappa shape index (κ3) is 3.07. The van der Waals surface area contributed by atoms with Crippen molar-refractivity contribution in [2.24, 2.45) is 5.92 Å². The zero-order valence-corrected chi connectivity index (χ0v) is 11.8. The fourth-order valence-corrected chi connectivity index (χ4v) is 2.36. The highest BCUT2D eigenvalue weighted by molar-refractivity contribution is 5.94. The first kappa shape index (κ1) is 14.3. The number of rotatable bonds is 4. The summed E-state index contributed by atoms with van der Waals surface area (Å²) >= 11 is 0. The third-order valence-electron chi connectivity index (χ3n) is 3.58. The van der Waals surface area contributed by atoms with E-state index in [9.17, 15) is 9.59 Å². The van der Waals surface area contributed by atoms with Crippen LogP contribution < -0.4 is 0 Å². The van der Waals surface area contributed by atoms with Crippen molar-refractivity contribution in [1.29, 1.82) is 0 Å². The first-order valence-electron chi connectivity index (χ1n) is 6.77. The largest absolute Gasteiger partial charge is 0.481 e. The molecule has 106 valence electrons. The van der Waals surface area contributed by atoms with E-state index >= 15 is 0 Å². The van der Waals surface area contributed by atoms with Crippen molar-refractivity contribution in [1.82, 2.24) is 4.90 Å². The highest BCUT2D eigenvalue weighted by Gasteiger charge is 2.19. The average Bonchev–Trinajstić information content (AvgIpc) is 2.45. The van der Waals surface area contributed by atoms with Gasteiger partial charge < -0.3 is 10.0 Å². The number of benzene rings is 1. The SMILES string of the molecule is CC(CN(C)C(=O)c1ccc2c(c1)CCC=C2)C(=O)O. The van der Waals surface area contributed by atoms with Gasteiger partial charge in [-0.3, -0.25) is 9.59 Å². The van der Waals surface area contributed by atoms with Gasteiger partial charge >= 0.3 is 5.97 Å². The van der Waals surface area contributed by atoms with Crippen LogP contribution in [0.4, 0.5) is 0 Å². The third-order valence-corrected chi connectivity index (χ3v) is 3.58. The number of nitrogens with zero attached hydrogens (tertiary/aromatic N) is 1.